The van der Waals surface area contributed by atoms with Crippen molar-refractivity contribution in [3.05, 3.63) is 42.2 Å². The summed E-state index contributed by atoms with van der Waals surface area (Å²) in [6.07, 6.45) is 0. The molecule has 2 aromatic heterocycles. The minimum atomic E-state index is 0.319. The van der Waals surface area contributed by atoms with Crippen molar-refractivity contribution < 1.29 is 4.74 Å². The van der Waals surface area contributed by atoms with E-state index in [1.54, 1.807) is 6.07 Å². The molecule has 1 aromatic carbocycles. The van der Waals surface area contributed by atoms with E-state index in [2.05, 4.69) is 20.3 Å². The maximum atomic E-state index is 5.82. The number of aromatic amines is 1. The highest BCUT2D eigenvalue weighted by Crippen LogP contribution is 2.21. The number of H-pyrrole nitrogens is 1. The average Bonchev–Trinajstić information content (AvgIpc) is 2.88. The van der Waals surface area contributed by atoms with Crippen LogP contribution in [-0.4, -0.2) is 22.0 Å². The number of hydrogen-bond donors (Lipinski definition) is 3. The zero-order valence-electron chi connectivity index (χ0n) is 11.1. The van der Waals surface area contributed by atoms with Crippen LogP contribution in [0.3, 0.4) is 0 Å². The van der Waals surface area contributed by atoms with Crippen LogP contribution in [-0.2, 0) is 6.61 Å². The molecule has 4 N–H and O–H groups in total. The standard InChI is InChI=1S/C14H15N5O/c1-16-12-7-6-10-14(18-12)19-13(17-10)8-20-11-5-3-2-4-9(11)15/h2-7H,8,15H2,1H3,(H2,16,17,18,19). The maximum Gasteiger partial charge on any atom is 0.179 e. The van der Waals surface area contributed by atoms with Gasteiger partial charge in [-0.25, -0.2) is 9.97 Å². The van der Waals surface area contributed by atoms with Crippen LogP contribution < -0.4 is 15.8 Å². The van der Waals surface area contributed by atoms with Gasteiger partial charge in [-0.15, -0.1) is 0 Å². The van der Waals surface area contributed by atoms with Crippen LogP contribution in [0.5, 0.6) is 5.75 Å². The van der Waals surface area contributed by atoms with E-state index in [9.17, 15) is 0 Å². The minimum Gasteiger partial charge on any atom is -0.484 e. The molecule has 3 aromatic rings. The summed E-state index contributed by atoms with van der Waals surface area (Å²) < 4.78 is 5.65. The lowest BCUT2D eigenvalue weighted by Crippen LogP contribution is -2.00. The molecule has 20 heavy (non-hydrogen) atoms. The number of rotatable bonds is 4. The van der Waals surface area contributed by atoms with Crippen LogP contribution in [0.2, 0.25) is 0 Å². The molecule has 0 unspecified atom stereocenters. The molecule has 0 aliphatic carbocycles. The Morgan fingerprint density at radius 1 is 1.20 bits per heavy atom. The van der Waals surface area contributed by atoms with Gasteiger partial charge >= 0.3 is 0 Å². The van der Waals surface area contributed by atoms with Crippen LogP contribution in [0.15, 0.2) is 36.4 Å². The van der Waals surface area contributed by atoms with Gasteiger partial charge in [0.2, 0.25) is 0 Å². The Morgan fingerprint density at radius 2 is 2.05 bits per heavy atom. The summed E-state index contributed by atoms with van der Waals surface area (Å²) in [6.45, 7) is 0.319. The number of nitrogens with two attached hydrogens (primary N) is 1. The van der Waals surface area contributed by atoms with E-state index in [0.717, 1.165) is 11.3 Å². The third kappa shape index (κ3) is 2.35. The van der Waals surface area contributed by atoms with E-state index < -0.39 is 0 Å². The summed E-state index contributed by atoms with van der Waals surface area (Å²) in [4.78, 5) is 11.9. The Kier molecular flexibility index (Phi) is 3.12. The Labute approximate surface area is 116 Å². The molecule has 0 spiro atoms. The largest absolute Gasteiger partial charge is 0.484 e. The summed E-state index contributed by atoms with van der Waals surface area (Å²) in [7, 11) is 1.82. The van der Waals surface area contributed by atoms with Gasteiger partial charge in [0.15, 0.2) is 5.65 Å². The van der Waals surface area contributed by atoms with Gasteiger partial charge in [-0.2, -0.15) is 0 Å². The monoisotopic (exact) mass is 269 g/mol. The second-order valence-corrected chi connectivity index (χ2v) is 4.33. The Bertz CT molecular complexity index is 737. The van der Waals surface area contributed by atoms with Crippen molar-refractivity contribution in [3.8, 4) is 5.75 Å². The first kappa shape index (κ1) is 12.3. The zero-order chi connectivity index (χ0) is 13.9. The first-order chi connectivity index (χ1) is 9.76. The molecule has 6 heteroatoms. The highest BCUT2D eigenvalue weighted by molar-refractivity contribution is 5.72. The van der Waals surface area contributed by atoms with E-state index in [1.807, 2.05) is 37.4 Å². The number of para-hydroxylation sites is 2. The molecule has 0 saturated carbocycles. The smallest absolute Gasteiger partial charge is 0.179 e. The van der Waals surface area contributed by atoms with Crippen molar-refractivity contribution in [1.29, 1.82) is 0 Å². The minimum absolute atomic E-state index is 0.319. The number of nitrogens with one attached hydrogen (secondary N) is 2. The van der Waals surface area contributed by atoms with E-state index in [-0.39, 0.29) is 0 Å². The van der Waals surface area contributed by atoms with Gasteiger partial charge in [0.05, 0.1) is 11.2 Å². The normalized spacial score (nSPS) is 10.7. The number of fused-ring (bicyclic) bond motifs is 1. The lowest BCUT2D eigenvalue weighted by molar-refractivity contribution is 0.299. The van der Waals surface area contributed by atoms with E-state index in [4.69, 9.17) is 10.5 Å². The van der Waals surface area contributed by atoms with Gasteiger partial charge in [-0.1, -0.05) is 12.1 Å². The van der Waals surface area contributed by atoms with Crippen molar-refractivity contribution in [2.24, 2.45) is 0 Å². The lowest BCUT2D eigenvalue weighted by Gasteiger charge is -2.06. The van der Waals surface area contributed by atoms with Crippen LogP contribution >= 0.6 is 0 Å². The molecule has 0 atom stereocenters. The summed E-state index contributed by atoms with van der Waals surface area (Å²) in [5.41, 5.74) is 7.97. The predicted molar refractivity (Wildman–Crippen MR) is 78.6 cm³/mol. The Morgan fingerprint density at radius 3 is 2.85 bits per heavy atom. The van der Waals surface area contributed by atoms with Crippen molar-refractivity contribution in [1.82, 2.24) is 15.0 Å². The SMILES string of the molecule is CNc1ccc2[nH]c(COc3ccccc3N)nc2n1. The van der Waals surface area contributed by atoms with Crippen LogP contribution in [0.25, 0.3) is 11.2 Å². The molecule has 102 valence electrons. The number of aromatic nitrogens is 3. The Hall–Kier alpha value is -2.76. The molecule has 6 nitrogen and oxygen atoms in total. The molecule has 0 aliphatic rings. The quantitative estimate of drug-likeness (QED) is 0.632. The molecule has 0 radical (unpaired) electrons. The van der Waals surface area contributed by atoms with Crippen LogP contribution in [0.1, 0.15) is 5.82 Å². The van der Waals surface area contributed by atoms with Crippen molar-refractivity contribution in [3.63, 3.8) is 0 Å². The topological polar surface area (TPSA) is 88.8 Å². The maximum absolute atomic E-state index is 5.82. The van der Waals surface area contributed by atoms with E-state index in [1.165, 1.54) is 0 Å². The lowest BCUT2D eigenvalue weighted by atomic mass is 10.3. The number of ether oxygens (including phenoxy) is 1. The molecule has 0 amide bonds. The molecule has 0 bridgehead atoms. The van der Waals surface area contributed by atoms with Gasteiger partial charge in [-0.05, 0) is 24.3 Å². The first-order valence-electron chi connectivity index (χ1n) is 6.27. The fraction of sp³-hybridized carbons (Fsp3) is 0.143. The second-order valence-electron chi connectivity index (χ2n) is 4.33. The molecular formula is C14H15N5O. The van der Waals surface area contributed by atoms with Crippen molar-refractivity contribution >= 4 is 22.7 Å². The van der Waals surface area contributed by atoms with Gasteiger partial charge in [0.25, 0.3) is 0 Å². The highest BCUT2D eigenvalue weighted by Gasteiger charge is 2.06. The molecular weight excluding hydrogens is 254 g/mol. The fourth-order valence-corrected chi connectivity index (χ4v) is 1.91. The van der Waals surface area contributed by atoms with Crippen LogP contribution in [0, 0.1) is 0 Å². The molecule has 0 aliphatic heterocycles. The number of benzene rings is 1. The summed E-state index contributed by atoms with van der Waals surface area (Å²) in [5.74, 6) is 2.14. The predicted octanol–water partition coefficient (Wildman–Crippen LogP) is 2.16. The van der Waals surface area contributed by atoms with Gasteiger partial charge in [-0.3, -0.25) is 0 Å². The summed E-state index contributed by atoms with van der Waals surface area (Å²) >= 11 is 0. The number of imidazole rings is 1. The van der Waals surface area contributed by atoms with E-state index in [0.29, 0.717) is 29.5 Å². The van der Waals surface area contributed by atoms with Gasteiger partial charge < -0.3 is 20.8 Å². The van der Waals surface area contributed by atoms with Crippen molar-refractivity contribution in [2.45, 2.75) is 6.61 Å². The van der Waals surface area contributed by atoms with Crippen molar-refractivity contribution in [2.75, 3.05) is 18.1 Å². The summed E-state index contributed by atoms with van der Waals surface area (Å²) in [5, 5.41) is 2.98. The number of nitrogen functional groups attached to an aromatic ring is 1. The number of nitrogens with zero attached hydrogens (tertiary/aromatic N) is 2. The molecule has 2 heterocycles. The van der Waals surface area contributed by atoms with Gasteiger partial charge in [0.1, 0.15) is 24.0 Å². The zero-order valence-corrected chi connectivity index (χ0v) is 11.1. The number of hydrogen-bond acceptors (Lipinski definition) is 5. The molecule has 3 rings (SSSR count). The third-order valence-corrected chi connectivity index (χ3v) is 2.93. The highest BCUT2D eigenvalue weighted by atomic mass is 16.5. The van der Waals surface area contributed by atoms with E-state index >= 15 is 0 Å². The molecule has 0 saturated heterocycles. The number of pyridine rings is 1. The summed E-state index contributed by atoms with van der Waals surface area (Å²) in [6, 6.07) is 11.2. The van der Waals surface area contributed by atoms with Gasteiger partial charge in [0, 0.05) is 7.05 Å². The Balaban J connectivity index is 1.79. The van der Waals surface area contributed by atoms with Crippen LogP contribution in [0.4, 0.5) is 11.5 Å². The third-order valence-electron chi connectivity index (χ3n) is 2.93. The molecule has 0 fully saturated rings. The first-order valence-corrected chi connectivity index (χ1v) is 6.27. The number of anilines is 2. The fourth-order valence-electron chi connectivity index (χ4n) is 1.91. The average molecular weight is 269 g/mol. The second kappa shape index (κ2) is 5.08.